The number of rotatable bonds is 1. The number of hydrogen-bond donors (Lipinski definition) is 2. The Hall–Kier alpha value is -1.97. The van der Waals surface area contributed by atoms with Crippen LogP contribution in [0.25, 0.3) is 11.3 Å². The molecule has 0 saturated heterocycles. The average Bonchev–Trinajstić information content (AvgIpc) is 2.57. The van der Waals surface area contributed by atoms with Gasteiger partial charge in [0.25, 0.3) is 0 Å². The zero-order chi connectivity index (χ0) is 9.26. The number of benzene rings is 1. The maximum absolute atomic E-state index is 9.42. The van der Waals surface area contributed by atoms with Crippen LogP contribution in [0.5, 0.6) is 11.5 Å². The molecule has 0 bridgehead atoms. The Labute approximate surface area is 74.1 Å². The van der Waals surface area contributed by atoms with Crippen molar-refractivity contribution < 1.29 is 14.6 Å². The molecule has 4 heteroatoms. The van der Waals surface area contributed by atoms with Gasteiger partial charge in [-0.25, -0.2) is 4.98 Å². The summed E-state index contributed by atoms with van der Waals surface area (Å²) in [5.41, 5.74) is 0.701. The van der Waals surface area contributed by atoms with Crippen LogP contribution in [0.2, 0.25) is 0 Å². The summed E-state index contributed by atoms with van der Waals surface area (Å²) in [6, 6.07) is 4.50. The van der Waals surface area contributed by atoms with Crippen molar-refractivity contribution in [2.24, 2.45) is 0 Å². The molecule has 4 nitrogen and oxygen atoms in total. The van der Waals surface area contributed by atoms with Gasteiger partial charge >= 0.3 is 0 Å². The van der Waals surface area contributed by atoms with E-state index >= 15 is 0 Å². The number of nitrogens with zero attached hydrogens (tertiary/aromatic N) is 1. The Balaban J connectivity index is 2.64. The molecule has 66 valence electrons. The Bertz CT molecular complexity index is 389. The van der Waals surface area contributed by atoms with E-state index in [1.807, 2.05) is 0 Å². The molecule has 2 N–H and O–H groups in total. The minimum Gasteiger partial charge on any atom is -0.507 e. The molecule has 0 amide bonds. The maximum Gasteiger partial charge on any atom is 0.181 e. The van der Waals surface area contributed by atoms with Crippen molar-refractivity contribution in [2.45, 2.75) is 0 Å². The quantitative estimate of drug-likeness (QED) is 0.696. The first kappa shape index (κ1) is 7.67. The van der Waals surface area contributed by atoms with E-state index in [1.54, 1.807) is 6.07 Å². The average molecular weight is 177 g/mol. The third-order valence-electron chi connectivity index (χ3n) is 1.71. The molecule has 0 aliphatic rings. The van der Waals surface area contributed by atoms with Gasteiger partial charge in [0.15, 0.2) is 6.39 Å². The molecule has 0 atom stereocenters. The summed E-state index contributed by atoms with van der Waals surface area (Å²) in [7, 11) is 0. The van der Waals surface area contributed by atoms with Crippen molar-refractivity contribution in [3.8, 4) is 22.8 Å². The largest absolute Gasteiger partial charge is 0.507 e. The Kier molecular flexibility index (Phi) is 1.66. The van der Waals surface area contributed by atoms with Crippen LogP contribution >= 0.6 is 0 Å². The summed E-state index contributed by atoms with van der Waals surface area (Å²) in [5, 5.41) is 18.8. The fourth-order valence-electron chi connectivity index (χ4n) is 1.13. The highest BCUT2D eigenvalue weighted by Crippen LogP contribution is 2.35. The van der Waals surface area contributed by atoms with Crippen LogP contribution in [0, 0.1) is 0 Å². The summed E-state index contributed by atoms with van der Waals surface area (Å²) in [6.45, 7) is 0. The van der Waals surface area contributed by atoms with Crippen LogP contribution in [-0.2, 0) is 0 Å². The molecule has 0 aliphatic heterocycles. The predicted molar refractivity (Wildman–Crippen MR) is 45.3 cm³/mol. The molecular weight excluding hydrogens is 170 g/mol. The lowest BCUT2D eigenvalue weighted by Crippen LogP contribution is -1.79. The van der Waals surface area contributed by atoms with Crippen molar-refractivity contribution in [1.82, 2.24) is 4.98 Å². The second kappa shape index (κ2) is 2.82. The third-order valence-corrected chi connectivity index (χ3v) is 1.71. The first-order valence-electron chi connectivity index (χ1n) is 3.68. The summed E-state index contributed by atoms with van der Waals surface area (Å²) in [6.07, 6.45) is 2.59. The van der Waals surface area contributed by atoms with Crippen LogP contribution in [0.15, 0.2) is 35.3 Å². The normalized spacial score (nSPS) is 10.2. The van der Waals surface area contributed by atoms with Gasteiger partial charge < -0.3 is 14.6 Å². The molecule has 0 fully saturated rings. The number of phenolic OH excluding ortho intramolecular Hbond substituents is 2. The highest BCUT2D eigenvalue weighted by Gasteiger charge is 2.11. The SMILES string of the molecule is Oc1cccc(O)c1-c1cocn1. The van der Waals surface area contributed by atoms with Gasteiger partial charge in [-0.05, 0) is 12.1 Å². The molecule has 0 unspecified atom stereocenters. The Morgan fingerprint density at radius 2 is 1.85 bits per heavy atom. The minimum absolute atomic E-state index is 0.0195. The predicted octanol–water partition coefficient (Wildman–Crippen LogP) is 1.75. The Morgan fingerprint density at radius 3 is 2.38 bits per heavy atom. The van der Waals surface area contributed by atoms with Crippen LogP contribution in [0.1, 0.15) is 0 Å². The summed E-state index contributed by atoms with van der Waals surface area (Å²) in [5.74, 6) is -0.0391. The van der Waals surface area contributed by atoms with Gasteiger partial charge in [-0.3, -0.25) is 0 Å². The van der Waals surface area contributed by atoms with E-state index in [0.29, 0.717) is 5.69 Å². The second-order valence-corrected chi connectivity index (χ2v) is 2.54. The van der Waals surface area contributed by atoms with E-state index in [2.05, 4.69) is 4.98 Å². The monoisotopic (exact) mass is 177 g/mol. The van der Waals surface area contributed by atoms with Crippen molar-refractivity contribution >= 4 is 0 Å². The van der Waals surface area contributed by atoms with Crippen LogP contribution in [-0.4, -0.2) is 15.2 Å². The number of oxazole rings is 1. The van der Waals surface area contributed by atoms with Gasteiger partial charge in [0, 0.05) is 0 Å². The van der Waals surface area contributed by atoms with Crippen LogP contribution < -0.4 is 0 Å². The first-order chi connectivity index (χ1) is 6.29. The lowest BCUT2D eigenvalue weighted by atomic mass is 10.1. The lowest BCUT2D eigenvalue weighted by Gasteiger charge is -2.02. The van der Waals surface area contributed by atoms with Crippen LogP contribution in [0.4, 0.5) is 0 Å². The second-order valence-electron chi connectivity index (χ2n) is 2.54. The van der Waals surface area contributed by atoms with E-state index in [-0.39, 0.29) is 17.1 Å². The molecular formula is C9H7NO3. The molecule has 2 aromatic rings. The molecule has 2 rings (SSSR count). The highest BCUT2D eigenvalue weighted by molar-refractivity contribution is 5.72. The molecule has 1 aromatic heterocycles. The number of hydrogen-bond acceptors (Lipinski definition) is 4. The Morgan fingerprint density at radius 1 is 1.15 bits per heavy atom. The standard InChI is InChI=1S/C9H7NO3/c11-7-2-1-3-8(12)9(7)6-4-13-5-10-6/h1-5,11-12H. The number of phenols is 2. The molecule has 0 aliphatic carbocycles. The molecule has 1 aromatic carbocycles. The van der Waals surface area contributed by atoms with Gasteiger partial charge in [0.05, 0.1) is 5.56 Å². The first-order valence-corrected chi connectivity index (χ1v) is 3.68. The van der Waals surface area contributed by atoms with E-state index in [0.717, 1.165) is 0 Å². The van der Waals surface area contributed by atoms with E-state index < -0.39 is 0 Å². The van der Waals surface area contributed by atoms with Crippen molar-refractivity contribution in [2.75, 3.05) is 0 Å². The number of aromatic hydroxyl groups is 2. The minimum atomic E-state index is -0.0195. The summed E-state index contributed by atoms with van der Waals surface area (Å²) >= 11 is 0. The van der Waals surface area contributed by atoms with Crippen molar-refractivity contribution in [1.29, 1.82) is 0 Å². The smallest absolute Gasteiger partial charge is 0.181 e. The van der Waals surface area contributed by atoms with Gasteiger partial charge in [-0.15, -0.1) is 0 Å². The van der Waals surface area contributed by atoms with Crippen molar-refractivity contribution in [3.05, 3.63) is 30.9 Å². The molecule has 0 radical (unpaired) electrons. The molecule has 0 spiro atoms. The fraction of sp³-hybridized carbons (Fsp3) is 0. The van der Waals surface area contributed by atoms with Gasteiger partial charge in [-0.1, -0.05) is 6.07 Å². The van der Waals surface area contributed by atoms with Crippen molar-refractivity contribution in [3.63, 3.8) is 0 Å². The molecule has 13 heavy (non-hydrogen) atoms. The topological polar surface area (TPSA) is 66.5 Å². The summed E-state index contributed by atoms with van der Waals surface area (Å²) in [4.78, 5) is 3.82. The molecule has 1 heterocycles. The fourth-order valence-corrected chi connectivity index (χ4v) is 1.13. The van der Waals surface area contributed by atoms with E-state index in [1.165, 1.54) is 24.8 Å². The number of aromatic nitrogens is 1. The zero-order valence-corrected chi connectivity index (χ0v) is 6.64. The lowest BCUT2D eigenvalue weighted by molar-refractivity contribution is 0.454. The third kappa shape index (κ3) is 1.22. The van der Waals surface area contributed by atoms with E-state index in [4.69, 9.17) is 4.42 Å². The van der Waals surface area contributed by atoms with Crippen LogP contribution in [0.3, 0.4) is 0 Å². The molecule has 0 saturated carbocycles. The zero-order valence-electron chi connectivity index (χ0n) is 6.64. The van der Waals surface area contributed by atoms with E-state index in [9.17, 15) is 10.2 Å². The van der Waals surface area contributed by atoms with Gasteiger partial charge in [0.1, 0.15) is 23.5 Å². The van der Waals surface area contributed by atoms with Gasteiger partial charge in [-0.2, -0.15) is 0 Å². The maximum atomic E-state index is 9.42. The highest BCUT2D eigenvalue weighted by atomic mass is 16.3. The summed E-state index contributed by atoms with van der Waals surface area (Å²) < 4.78 is 4.75. The van der Waals surface area contributed by atoms with Gasteiger partial charge in [0.2, 0.25) is 0 Å².